The summed E-state index contributed by atoms with van der Waals surface area (Å²) in [5.41, 5.74) is 7.87. The van der Waals surface area contributed by atoms with E-state index in [0.29, 0.717) is 6.42 Å². The maximum absolute atomic E-state index is 12.1. The first-order valence-corrected chi connectivity index (χ1v) is 6.58. The molecule has 98 valence electrons. The number of carbonyl (C=O) groups excluding carboxylic acids is 1. The van der Waals surface area contributed by atoms with Crippen molar-refractivity contribution >= 4 is 11.6 Å². The van der Waals surface area contributed by atoms with Gasteiger partial charge in [-0.25, -0.2) is 0 Å². The Kier molecular flexibility index (Phi) is 3.60. The zero-order chi connectivity index (χ0) is 13.2. The van der Waals surface area contributed by atoms with Crippen LogP contribution in [-0.2, 0) is 11.2 Å². The van der Waals surface area contributed by atoms with Gasteiger partial charge in [0.25, 0.3) is 0 Å². The molecule has 1 aromatic carbocycles. The van der Waals surface area contributed by atoms with Gasteiger partial charge in [0.05, 0.1) is 0 Å². The third-order valence-electron chi connectivity index (χ3n) is 3.64. The molecule has 0 aromatic heterocycles. The van der Waals surface area contributed by atoms with E-state index in [9.17, 15) is 4.79 Å². The van der Waals surface area contributed by atoms with Gasteiger partial charge in [0.15, 0.2) is 0 Å². The molecule has 2 N–H and O–H groups in total. The summed E-state index contributed by atoms with van der Waals surface area (Å²) in [5.74, 6) is 0.275. The molecule has 2 rings (SSSR count). The normalized spacial score (nSPS) is 18.0. The number of hydrogen-bond donors (Lipinski definition) is 1. The number of amides is 1. The number of nitrogens with two attached hydrogens (primary N) is 1. The molecule has 0 aliphatic carbocycles. The highest BCUT2D eigenvalue weighted by Gasteiger charge is 2.31. The van der Waals surface area contributed by atoms with Crippen LogP contribution in [0.5, 0.6) is 0 Å². The standard InChI is InChI=1S/C15H22N2O/c1-15(2)9-10-17(11-15)14(18)8-5-12-3-6-13(16)7-4-12/h3-4,6-7H,5,8-11,16H2,1-2H3. The summed E-state index contributed by atoms with van der Waals surface area (Å²) < 4.78 is 0. The van der Waals surface area contributed by atoms with E-state index in [1.165, 1.54) is 5.56 Å². The zero-order valence-corrected chi connectivity index (χ0v) is 11.3. The SMILES string of the molecule is CC1(C)CCN(C(=O)CCc2ccc(N)cc2)C1. The highest BCUT2D eigenvalue weighted by Crippen LogP contribution is 2.29. The molecule has 0 unspecified atom stereocenters. The molecule has 1 fully saturated rings. The van der Waals surface area contributed by atoms with Crippen LogP contribution in [0.2, 0.25) is 0 Å². The first-order valence-electron chi connectivity index (χ1n) is 6.58. The molecule has 1 aromatic rings. The summed E-state index contributed by atoms with van der Waals surface area (Å²) in [7, 11) is 0. The average Bonchev–Trinajstić information content (AvgIpc) is 2.69. The maximum Gasteiger partial charge on any atom is 0.222 e. The van der Waals surface area contributed by atoms with Crippen molar-refractivity contribution < 1.29 is 4.79 Å². The molecule has 3 heteroatoms. The molecule has 3 nitrogen and oxygen atoms in total. The lowest BCUT2D eigenvalue weighted by atomic mass is 9.93. The van der Waals surface area contributed by atoms with Crippen LogP contribution < -0.4 is 5.73 Å². The number of rotatable bonds is 3. The third-order valence-corrected chi connectivity index (χ3v) is 3.64. The van der Waals surface area contributed by atoms with Gasteiger partial charge in [-0.05, 0) is 36.0 Å². The lowest BCUT2D eigenvalue weighted by Gasteiger charge is -2.19. The largest absolute Gasteiger partial charge is 0.399 e. The zero-order valence-electron chi connectivity index (χ0n) is 11.3. The van der Waals surface area contributed by atoms with E-state index < -0.39 is 0 Å². The Bertz CT molecular complexity index is 423. The molecule has 1 heterocycles. The predicted molar refractivity (Wildman–Crippen MR) is 74.2 cm³/mol. The van der Waals surface area contributed by atoms with Crippen LogP contribution in [0.3, 0.4) is 0 Å². The van der Waals surface area contributed by atoms with Crippen molar-refractivity contribution in [2.24, 2.45) is 5.41 Å². The molecule has 1 aliphatic heterocycles. The molecule has 0 spiro atoms. The molecular formula is C15H22N2O. The van der Waals surface area contributed by atoms with Crippen LogP contribution in [0.25, 0.3) is 0 Å². The highest BCUT2D eigenvalue weighted by molar-refractivity contribution is 5.76. The summed E-state index contributed by atoms with van der Waals surface area (Å²) >= 11 is 0. The predicted octanol–water partition coefficient (Wildman–Crippen LogP) is 2.46. The maximum atomic E-state index is 12.1. The van der Waals surface area contributed by atoms with Crippen LogP contribution in [0.15, 0.2) is 24.3 Å². The molecule has 1 aliphatic rings. The Morgan fingerprint density at radius 3 is 2.56 bits per heavy atom. The van der Waals surface area contributed by atoms with Gasteiger partial charge in [0.2, 0.25) is 5.91 Å². The number of nitrogens with zero attached hydrogens (tertiary/aromatic N) is 1. The average molecular weight is 246 g/mol. The monoisotopic (exact) mass is 246 g/mol. The second-order valence-corrected chi connectivity index (χ2v) is 5.97. The fourth-order valence-corrected chi connectivity index (χ4v) is 2.42. The summed E-state index contributed by atoms with van der Waals surface area (Å²) in [6.45, 7) is 6.25. The van der Waals surface area contributed by atoms with Crippen molar-refractivity contribution in [3.05, 3.63) is 29.8 Å². The molecular weight excluding hydrogens is 224 g/mol. The van der Waals surface area contributed by atoms with E-state index in [0.717, 1.165) is 31.6 Å². The van der Waals surface area contributed by atoms with Gasteiger partial charge in [0.1, 0.15) is 0 Å². The molecule has 1 saturated heterocycles. The second kappa shape index (κ2) is 5.01. The van der Waals surface area contributed by atoms with E-state index >= 15 is 0 Å². The van der Waals surface area contributed by atoms with Crippen molar-refractivity contribution in [2.75, 3.05) is 18.8 Å². The minimum absolute atomic E-state index is 0.275. The fraction of sp³-hybridized carbons (Fsp3) is 0.533. The van der Waals surface area contributed by atoms with Crippen LogP contribution in [0.1, 0.15) is 32.3 Å². The smallest absolute Gasteiger partial charge is 0.222 e. The number of likely N-dealkylation sites (tertiary alicyclic amines) is 1. The number of aryl methyl sites for hydroxylation is 1. The van der Waals surface area contributed by atoms with Gasteiger partial charge >= 0.3 is 0 Å². The van der Waals surface area contributed by atoms with Crippen molar-refractivity contribution in [2.45, 2.75) is 33.1 Å². The molecule has 1 amide bonds. The van der Waals surface area contributed by atoms with Crippen LogP contribution in [-0.4, -0.2) is 23.9 Å². The Morgan fingerprint density at radius 2 is 2.00 bits per heavy atom. The van der Waals surface area contributed by atoms with E-state index in [4.69, 9.17) is 5.73 Å². The third kappa shape index (κ3) is 3.25. The number of benzene rings is 1. The van der Waals surface area contributed by atoms with Crippen LogP contribution >= 0.6 is 0 Å². The van der Waals surface area contributed by atoms with Crippen molar-refractivity contribution in [1.82, 2.24) is 4.90 Å². The Hall–Kier alpha value is -1.51. The summed E-state index contributed by atoms with van der Waals surface area (Å²) in [6, 6.07) is 7.77. The van der Waals surface area contributed by atoms with E-state index in [2.05, 4.69) is 13.8 Å². The van der Waals surface area contributed by atoms with Gasteiger partial charge in [-0.1, -0.05) is 26.0 Å². The molecule has 0 saturated carbocycles. The minimum Gasteiger partial charge on any atom is -0.399 e. The lowest BCUT2D eigenvalue weighted by Crippen LogP contribution is -2.30. The minimum atomic E-state index is 0.275. The first-order chi connectivity index (χ1) is 8.46. The fourth-order valence-electron chi connectivity index (χ4n) is 2.42. The van der Waals surface area contributed by atoms with Crippen molar-refractivity contribution in [1.29, 1.82) is 0 Å². The molecule has 0 bridgehead atoms. The van der Waals surface area contributed by atoms with Gasteiger partial charge < -0.3 is 10.6 Å². The summed E-state index contributed by atoms with van der Waals surface area (Å²) in [6.07, 6.45) is 2.51. The van der Waals surface area contributed by atoms with Crippen LogP contribution in [0, 0.1) is 5.41 Å². The number of hydrogen-bond acceptors (Lipinski definition) is 2. The Balaban J connectivity index is 1.84. The van der Waals surface area contributed by atoms with Gasteiger partial charge in [-0.15, -0.1) is 0 Å². The van der Waals surface area contributed by atoms with Gasteiger partial charge in [-0.2, -0.15) is 0 Å². The van der Waals surface area contributed by atoms with Crippen molar-refractivity contribution in [3.8, 4) is 0 Å². The highest BCUT2D eigenvalue weighted by atomic mass is 16.2. The van der Waals surface area contributed by atoms with Crippen LogP contribution in [0.4, 0.5) is 5.69 Å². The first kappa shape index (κ1) is 12.9. The number of carbonyl (C=O) groups is 1. The van der Waals surface area contributed by atoms with Gasteiger partial charge in [-0.3, -0.25) is 4.79 Å². The lowest BCUT2D eigenvalue weighted by molar-refractivity contribution is -0.130. The van der Waals surface area contributed by atoms with E-state index in [-0.39, 0.29) is 11.3 Å². The topological polar surface area (TPSA) is 46.3 Å². The quantitative estimate of drug-likeness (QED) is 0.833. The second-order valence-electron chi connectivity index (χ2n) is 5.97. The van der Waals surface area contributed by atoms with E-state index in [1.54, 1.807) is 0 Å². The summed E-state index contributed by atoms with van der Waals surface area (Å²) in [4.78, 5) is 14.1. The van der Waals surface area contributed by atoms with E-state index in [1.807, 2.05) is 29.2 Å². The summed E-state index contributed by atoms with van der Waals surface area (Å²) in [5, 5.41) is 0. The number of anilines is 1. The molecule has 18 heavy (non-hydrogen) atoms. The Labute approximate surface area is 109 Å². The molecule has 0 atom stereocenters. The Morgan fingerprint density at radius 1 is 1.33 bits per heavy atom. The number of nitrogen functional groups attached to an aromatic ring is 1. The van der Waals surface area contributed by atoms with Gasteiger partial charge in [0, 0.05) is 25.2 Å². The van der Waals surface area contributed by atoms with Crippen molar-refractivity contribution in [3.63, 3.8) is 0 Å². The molecule has 0 radical (unpaired) electrons.